The molecule has 0 aliphatic carbocycles. The summed E-state index contributed by atoms with van der Waals surface area (Å²) in [5, 5.41) is 9.55. The molecule has 1 amide bonds. The van der Waals surface area contributed by atoms with E-state index in [1.807, 2.05) is 73.3 Å². The summed E-state index contributed by atoms with van der Waals surface area (Å²) in [4.78, 5) is 16.7. The van der Waals surface area contributed by atoms with Gasteiger partial charge in [-0.1, -0.05) is 41.9 Å². The van der Waals surface area contributed by atoms with Crippen molar-refractivity contribution in [3.63, 3.8) is 0 Å². The standard InChI is InChI=1S/C26H29ClN4O2/c1-19-17-22(18-20(2)26(19)27)33-16-6-9-25(32)31-14-12-30(13-15-31)24-11-10-23(28-29-24)21-7-4-3-5-8-21/h3-5,7-8,10-11,17-18H,6,9,12-16H2,1-2H3. The maximum atomic E-state index is 12.6. The van der Waals surface area contributed by atoms with Gasteiger partial charge in [0.25, 0.3) is 0 Å². The van der Waals surface area contributed by atoms with Gasteiger partial charge in [0.05, 0.1) is 12.3 Å². The molecule has 1 aliphatic rings. The van der Waals surface area contributed by atoms with E-state index in [1.165, 1.54) is 0 Å². The second-order valence-electron chi connectivity index (χ2n) is 8.33. The highest BCUT2D eigenvalue weighted by Gasteiger charge is 2.22. The lowest BCUT2D eigenvalue weighted by atomic mass is 10.1. The van der Waals surface area contributed by atoms with Gasteiger partial charge in [0.2, 0.25) is 5.91 Å². The van der Waals surface area contributed by atoms with Crippen LogP contribution in [0.2, 0.25) is 5.02 Å². The Morgan fingerprint density at radius 1 is 0.970 bits per heavy atom. The molecule has 33 heavy (non-hydrogen) atoms. The zero-order valence-corrected chi connectivity index (χ0v) is 19.9. The average molecular weight is 465 g/mol. The Kier molecular flexibility index (Phi) is 7.45. The number of ether oxygens (including phenoxy) is 1. The minimum atomic E-state index is 0.173. The first-order valence-corrected chi connectivity index (χ1v) is 11.7. The molecule has 172 valence electrons. The Morgan fingerprint density at radius 2 is 1.67 bits per heavy atom. The van der Waals surface area contributed by atoms with E-state index in [-0.39, 0.29) is 5.91 Å². The monoisotopic (exact) mass is 464 g/mol. The molecular weight excluding hydrogens is 436 g/mol. The highest BCUT2D eigenvalue weighted by molar-refractivity contribution is 6.32. The average Bonchev–Trinajstić information content (AvgIpc) is 2.86. The Hall–Kier alpha value is -3.12. The number of rotatable bonds is 7. The van der Waals surface area contributed by atoms with Gasteiger partial charge in [-0.25, -0.2) is 0 Å². The number of piperazine rings is 1. The van der Waals surface area contributed by atoms with Gasteiger partial charge in [-0.3, -0.25) is 4.79 Å². The molecule has 0 radical (unpaired) electrons. The molecule has 7 heteroatoms. The molecule has 1 aliphatic heterocycles. The Bertz CT molecular complexity index is 1060. The second kappa shape index (κ2) is 10.7. The van der Waals surface area contributed by atoms with E-state index >= 15 is 0 Å². The van der Waals surface area contributed by atoms with Crippen LogP contribution in [-0.2, 0) is 4.79 Å². The van der Waals surface area contributed by atoms with E-state index in [2.05, 4.69) is 15.1 Å². The quantitative estimate of drug-likeness (QED) is 0.464. The second-order valence-corrected chi connectivity index (χ2v) is 8.71. The van der Waals surface area contributed by atoms with Crippen LogP contribution >= 0.6 is 11.6 Å². The Morgan fingerprint density at radius 3 is 2.30 bits per heavy atom. The summed E-state index contributed by atoms with van der Waals surface area (Å²) in [5.74, 6) is 1.82. The number of carbonyl (C=O) groups is 1. The molecule has 1 aromatic heterocycles. The van der Waals surface area contributed by atoms with Crippen LogP contribution in [0.1, 0.15) is 24.0 Å². The highest BCUT2D eigenvalue weighted by atomic mass is 35.5. The number of amides is 1. The molecule has 1 fully saturated rings. The molecule has 0 bridgehead atoms. The maximum Gasteiger partial charge on any atom is 0.222 e. The van der Waals surface area contributed by atoms with Crippen molar-refractivity contribution in [2.24, 2.45) is 0 Å². The van der Waals surface area contributed by atoms with Gasteiger partial charge in [0.1, 0.15) is 5.75 Å². The van der Waals surface area contributed by atoms with Crippen molar-refractivity contribution in [3.8, 4) is 17.0 Å². The first kappa shape index (κ1) is 23.1. The van der Waals surface area contributed by atoms with Crippen LogP contribution in [-0.4, -0.2) is 53.8 Å². The van der Waals surface area contributed by atoms with E-state index < -0.39 is 0 Å². The SMILES string of the molecule is Cc1cc(OCCCC(=O)N2CCN(c3ccc(-c4ccccc4)nn3)CC2)cc(C)c1Cl. The van der Waals surface area contributed by atoms with E-state index in [0.29, 0.717) is 32.5 Å². The number of hydrogen-bond acceptors (Lipinski definition) is 5. The number of aryl methyl sites for hydroxylation is 2. The molecule has 0 saturated carbocycles. The number of hydrogen-bond donors (Lipinski definition) is 0. The van der Waals surface area contributed by atoms with Crippen LogP contribution in [0.3, 0.4) is 0 Å². The summed E-state index contributed by atoms with van der Waals surface area (Å²) in [7, 11) is 0. The van der Waals surface area contributed by atoms with Crippen molar-refractivity contribution in [2.75, 3.05) is 37.7 Å². The molecule has 0 N–H and O–H groups in total. The fraction of sp³-hybridized carbons (Fsp3) is 0.346. The summed E-state index contributed by atoms with van der Waals surface area (Å²) in [6, 6.07) is 17.9. The van der Waals surface area contributed by atoms with Crippen molar-refractivity contribution in [1.29, 1.82) is 0 Å². The lowest BCUT2D eigenvalue weighted by Crippen LogP contribution is -2.49. The predicted molar refractivity (Wildman–Crippen MR) is 132 cm³/mol. The molecular formula is C26H29ClN4O2. The number of halogens is 1. The summed E-state index contributed by atoms with van der Waals surface area (Å²) in [5.41, 5.74) is 3.91. The number of benzene rings is 2. The summed E-state index contributed by atoms with van der Waals surface area (Å²) >= 11 is 6.20. The number of nitrogens with zero attached hydrogens (tertiary/aromatic N) is 4. The third kappa shape index (κ3) is 5.82. The minimum absolute atomic E-state index is 0.173. The summed E-state index contributed by atoms with van der Waals surface area (Å²) in [6.45, 7) is 7.34. The lowest BCUT2D eigenvalue weighted by Gasteiger charge is -2.35. The molecule has 0 spiro atoms. The maximum absolute atomic E-state index is 12.6. The van der Waals surface area contributed by atoms with Crippen LogP contribution in [0.4, 0.5) is 5.82 Å². The zero-order chi connectivity index (χ0) is 23.2. The topological polar surface area (TPSA) is 58.6 Å². The Balaban J connectivity index is 1.21. The van der Waals surface area contributed by atoms with Gasteiger partial charge in [0.15, 0.2) is 5.82 Å². The van der Waals surface area contributed by atoms with Gasteiger partial charge < -0.3 is 14.5 Å². The normalized spacial score (nSPS) is 13.8. The van der Waals surface area contributed by atoms with E-state index in [0.717, 1.165) is 52.1 Å². The van der Waals surface area contributed by atoms with Crippen molar-refractivity contribution in [2.45, 2.75) is 26.7 Å². The number of anilines is 1. The molecule has 0 atom stereocenters. The zero-order valence-electron chi connectivity index (χ0n) is 19.1. The third-order valence-electron chi connectivity index (χ3n) is 5.89. The van der Waals surface area contributed by atoms with Gasteiger partial charge in [0, 0.05) is 43.2 Å². The first-order valence-electron chi connectivity index (χ1n) is 11.3. The molecule has 2 aromatic carbocycles. The third-order valence-corrected chi connectivity index (χ3v) is 6.49. The van der Waals surface area contributed by atoms with Crippen molar-refractivity contribution in [3.05, 3.63) is 70.7 Å². The summed E-state index contributed by atoms with van der Waals surface area (Å²) < 4.78 is 5.82. The largest absolute Gasteiger partial charge is 0.494 e. The Labute approximate surface area is 200 Å². The van der Waals surface area contributed by atoms with Crippen LogP contribution in [0.5, 0.6) is 5.75 Å². The molecule has 3 aromatic rings. The van der Waals surface area contributed by atoms with E-state index in [1.54, 1.807) is 0 Å². The minimum Gasteiger partial charge on any atom is -0.494 e. The summed E-state index contributed by atoms with van der Waals surface area (Å²) in [6.07, 6.45) is 1.17. The molecule has 0 unspecified atom stereocenters. The van der Waals surface area contributed by atoms with Crippen LogP contribution < -0.4 is 9.64 Å². The van der Waals surface area contributed by atoms with Crippen molar-refractivity contribution < 1.29 is 9.53 Å². The van der Waals surface area contributed by atoms with Gasteiger partial charge in [-0.05, 0) is 55.7 Å². The highest BCUT2D eigenvalue weighted by Crippen LogP contribution is 2.26. The smallest absolute Gasteiger partial charge is 0.222 e. The molecule has 1 saturated heterocycles. The van der Waals surface area contributed by atoms with E-state index in [4.69, 9.17) is 16.3 Å². The number of carbonyl (C=O) groups excluding carboxylic acids is 1. The fourth-order valence-electron chi connectivity index (χ4n) is 4.00. The fourth-order valence-corrected chi connectivity index (χ4v) is 4.11. The van der Waals surface area contributed by atoms with Crippen molar-refractivity contribution in [1.82, 2.24) is 15.1 Å². The van der Waals surface area contributed by atoms with Gasteiger partial charge in [-0.15, -0.1) is 10.2 Å². The van der Waals surface area contributed by atoms with E-state index in [9.17, 15) is 4.79 Å². The number of aromatic nitrogens is 2. The molecule has 6 nitrogen and oxygen atoms in total. The van der Waals surface area contributed by atoms with Crippen LogP contribution in [0, 0.1) is 13.8 Å². The first-order chi connectivity index (χ1) is 16.0. The van der Waals surface area contributed by atoms with Gasteiger partial charge >= 0.3 is 0 Å². The van der Waals surface area contributed by atoms with Crippen molar-refractivity contribution >= 4 is 23.3 Å². The van der Waals surface area contributed by atoms with Crippen LogP contribution in [0.15, 0.2) is 54.6 Å². The van der Waals surface area contributed by atoms with Gasteiger partial charge in [-0.2, -0.15) is 0 Å². The molecule has 4 rings (SSSR count). The predicted octanol–water partition coefficient (Wildman–Crippen LogP) is 4.92. The molecule has 2 heterocycles. The van der Waals surface area contributed by atoms with Crippen LogP contribution in [0.25, 0.3) is 11.3 Å². The lowest BCUT2D eigenvalue weighted by molar-refractivity contribution is -0.131.